The highest BCUT2D eigenvalue weighted by molar-refractivity contribution is 7.14. The monoisotopic (exact) mass is 423 g/mol. The van der Waals surface area contributed by atoms with Gasteiger partial charge in [-0.2, -0.15) is 0 Å². The Bertz CT molecular complexity index is 1370. The number of methoxy groups -OCH3 is 1. The van der Waals surface area contributed by atoms with Crippen molar-refractivity contribution < 1.29 is 4.74 Å². The molecule has 1 N–H and O–H groups in total. The Labute approximate surface area is 184 Å². The average Bonchev–Trinajstić information content (AvgIpc) is 3.28. The SMILES string of the molecule is Bc1ccccc1-c1csc(Nc2nc(-c3cccnc3)nc3ccc(OC)cc23)n1. The molecular weight excluding hydrogens is 405 g/mol. The molecule has 3 aromatic heterocycles. The lowest BCUT2D eigenvalue weighted by atomic mass is 9.89. The zero-order valence-corrected chi connectivity index (χ0v) is 17.9. The van der Waals surface area contributed by atoms with Crippen molar-refractivity contribution in [1.29, 1.82) is 0 Å². The Kier molecular flexibility index (Phi) is 5.05. The molecule has 0 unspecified atom stereocenters. The summed E-state index contributed by atoms with van der Waals surface area (Å²) >= 11 is 1.54. The minimum Gasteiger partial charge on any atom is -0.497 e. The number of hydrogen-bond acceptors (Lipinski definition) is 7. The Morgan fingerprint density at radius 1 is 1.00 bits per heavy atom. The van der Waals surface area contributed by atoms with Gasteiger partial charge in [-0.05, 0) is 35.9 Å². The summed E-state index contributed by atoms with van der Waals surface area (Å²) in [6.45, 7) is 0. The van der Waals surface area contributed by atoms with Gasteiger partial charge in [-0.1, -0.05) is 29.7 Å². The van der Waals surface area contributed by atoms with E-state index in [0.29, 0.717) is 11.6 Å². The van der Waals surface area contributed by atoms with Crippen LogP contribution in [0.1, 0.15) is 0 Å². The molecule has 150 valence electrons. The van der Waals surface area contributed by atoms with E-state index in [0.717, 1.165) is 38.6 Å². The Morgan fingerprint density at radius 2 is 1.90 bits per heavy atom. The van der Waals surface area contributed by atoms with Gasteiger partial charge in [-0.25, -0.2) is 15.0 Å². The van der Waals surface area contributed by atoms with Crippen LogP contribution in [0.2, 0.25) is 0 Å². The second-order valence-electron chi connectivity index (χ2n) is 7.00. The van der Waals surface area contributed by atoms with Gasteiger partial charge in [0.15, 0.2) is 11.0 Å². The predicted molar refractivity (Wildman–Crippen MR) is 128 cm³/mol. The largest absolute Gasteiger partial charge is 0.497 e. The van der Waals surface area contributed by atoms with Gasteiger partial charge in [0.05, 0.1) is 18.3 Å². The van der Waals surface area contributed by atoms with Crippen molar-refractivity contribution in [1.82, 2.24) is 19.9 Å². The highest BCUT2D eigenvalue weighted by Gasteiger charge is 2.13. The maximum atomic E-state index is 5.41. The van der Waals surface area contributed by atoms with E-state index >= 15 is 0 Å². The van der Waals surface area contributed by atoms with E-state index in [-0.39, 0.29) is 0 Å². The number of nitrogens with one attached hydrogen (secondary N) is 1. The first-order chi connectivity index (χ1) is 15.2. The molecule has 6 nitrogen and oxygen atoms in total. The predicted octanol–water partition coefficient (Wildman–Crippen LogP) is 3.83. The molecule has 0 bridgehead atoms. The molecule has 0 aliphatic rings. The van der Waals surface area contributed by atoms with E-state index in [4.69, 9.17) is 19.7 Å². The molecule has 0 aliphatic carbocycles. The van der Waals surface area contributed by atoms with Crippen LogP contribution >= 0.6 is 11.3 Å². The first kappa shape index (κ1) is 19.2. The zero-order chi connectivity index (χ0) is 21.2. The summed E-state index contributed by atoms with van der Waals surface area (Å²) in [5.74, 6) is 2.02. The third kappa shape index (κ3) is 3.85. The molecule has 3 heterocycles. The second kappa shape index (κ2) is 8.16. The molecule has 0 amide bonds. The van der Waals surface area contributed by atoms with Crippen LogP contribution < -0.4 is 15.5 Å². The molecular formula is C23H18BN5OS. The van der Waals surface area contributed by atoms with Gasteiger partial charge in [0.25, 0.3) is 0 Å². The van der Waals surface area contributed by atoms with E-state index < -0.39 is 0 Å². The maximum absolute atomic E-state index is 5.41. The summed E-state index contributed by atoms with van der Waals surface area (Å²) in [5, 5.41) is 7.07. The van der Waals surface area contributed by atoms with Crippen LogP contribution in [-0.2, 0) is 0 Å². The topological polar surface area (TPSA) is 72.8 Å². The number of nitrogens with zero attached hydrogens (tertiary/aromatic N) is 4. The lowest BCUT2D eigenvalue weighted by Gasteiger charge is -2.10. The highest BCUT2D eigenvalue weighted by Crippen LogP contribution is 2.32. The second-order valence-corrected chi connectivity index (χ2v) is 7.86. The first-order valence-corrected chi connectivity index (χ1v) is 10.6. The van der Waals surface area contributed by atoms with Gasteiger partial charge >= 0.3 is 0 Å². The lowest BCUT2D eigenvalue weighted by Crippen LogP contribution is -2.05. The molecule has 0 aliphatic heterocycles. The molecule has 0 saturated carbocycles. The normalized spacial score (nSPS) is 10.9. The zero-order valence-electron chi connectivity index (χ0n) is 17.0. The number of ether oxygens (including phenoxy) is 1. The Hall–Kier alpha value is -3.78. The smallest absolute Gasteiger partial charge is 0.188 e. The van der Waals surface area contributed by atoms with Crippen molar-refractivity contribution in [3.8, 4) is 28.4 Å². The number of hydrogen-bond donors (Lipinski definition) is 1. The third-order valence-electron chi connectivity index (χ3n) is 4.97. The summed E-state index contributed by atoms with van der Waals surface area (Å²) in [6.07, 6.45) is 3.49. The van der Waals surface area contributed by atoms with Crippen LogP contribution in [0, 0.1) is 0 Å². The first-order valence-electron chi connectivity index (χ1n) is 9.76. The highest BCUT2D eigenvalue weighted by atomic mass is 32.1. The van der Waals surface area contributed by atoms with E-state index in [2.05, 4.69) is 35.7 Å². The van der Waals surface area contributed by atoms with Crippen LogP contribution in [0.25, 0.3) is 33.5 Å². The van der Waals surface area contributed by atoms with Crippen molar-refractivity contribution in [3.63, 3.8) is 0 Å². The summed E-state index contributed by atoms with van der Waals surface area (Å²) in [4.78, 5) is 18.5. The number of anilines is 2. The van der Waals surface area contributed by atoms with Gasteiger partial charge in [0, 0.05) is 28.7 Å². The van der Waals surface area contributed by atoms with E-state index in [9.17, 15) is 0 Å². The molecule has 5 aromatic rings. The van der Waals surface area contributed by atoms with Crippen LogP contribution in [0.4, 0.5) is 10.9 Å². The standard InChI is InChI=1S/C23H18BN5OS/c1-30-15-8-9-19-17(11-15)22(28-21(26-19)14-5-4-10-25-12-14)29-23-27-20(13-31-23)16-6-2-3-7-18(16)24/h2-13H,24H2,1H3,(H,26,27,28,29). The fourth-order valence-corrected chi connectivity index (χ4v) is 4.08. The third-order valence-corrected chi connectivity index (χ3v) is 5.73. The summed E-state index contributed by atoms with van der Waals surface area (Å²) in [7, 11) is 3.74. The summed E-state index contributed by atoms with van der Waals surface area (Å²) < 4.78 is 5.41. The van der Waals surface area contributed by atoms with Crippen LogP contribution in [-0.4, -0.2) is 34.9 Å². The van der Waals surface area contributed by atoms with Gasteiger partial charge in [0.1, 0.15) is 19.4 Å². The molecule has 31 heavy (non-hydrogen) atoms. The van der Waals surface area contributed by atoms with Crippen molar-refractivity contribution in [2.45, 2.75) is 0 Å². The summed E-state index contributed by atoms with van der Waals surface area (Å²) in [6, 6.07) is 17.8. The number of aromatic nitrogens is 4. The van der Waals surface area contributed by atoms with Crippen molar-refractivity contribution >= 4 is 46.5 Å². The Balaban J connectivity index is 1.59. The maximum Gasteiger partial charge on any atom is 0.188 e. The molecule has 8 heteroatoms. The quantitative estimate of drug-likeness (QED) is 0.434. The molecule has 0 saturated heterocycles. The fourth-order valence-electron chi connectivity index (χ4n) is 3.37. The van der Waals surface area contributed by atoms with Crippen molar-refractivity contribution in [2.75, 3.05) is 12.4 Å². The fraction of sp³-hybridized carbons (Fsp3) is 0.0435. The number of pyridine rings is 1. The molecule has 5 rings (SSSR count). The van der Waals surface area contributed by atoms with Crippen LogP contribution in [0.15, 0.2) is 72.4 Å². The van der Waals surface area contributed by atoms with E-state index in [1.165, 1.54) is 5.46 Å². The minimum absolute atomic E-state index is 0.601. The number of thiazole rings is 1. The molecule has 0 atom stereocenters. The number of fused-ring (bicyclic) bond motifs is 1. The van der Waals surface area contributed by atoms with Crippen LogP contribution in [0.3, 0.4) is 0 Å². The average molecular weight is 423 g/mol. The van der Waals surface area contributed by atoms with Gasteiger partial charge in [-0.15, -0.1) is 11.3 Å². The summed E-state index contributed by atoms with van der Waals surface area (Å²) in [5.41, 5.74) is 4.91. The van der Waals surface area contributed by atoms with Gasteiger partial charge < -0.3 is 10.1 Å². The lowest BCUT2D eigenvalue weighted by molar-refractivity contribution is 0.415. The number of rotatable bonds is 5. The molecule has 2 aromatic carbocycles. The van der Waals surface area contributed by atoms with E-state index in [1.54, 1.807) is 30.8 Å². The number of benzene rings is 2. The Morgan fingerprint density at radius 3 is 2.71 bits per heavy atom. The van der Waals surface area contributed by atoms with Crippen molar-refractivity contribution in [3.05, 3.63) is 72.4 Å². The van der Waals surface area contributed by atoms with Crippen molar-refractivity contribution in [2.24, 2.45) is 0 Å². The molecule has 0 fully saturated rings. The van der Waals surface area contributed by atoms with Gasteiger partial charge in [-0.3, -0.25) is 4.98 Å². The van der Waals surface area contributed by atoms with Crippen LogP contribution in [0.5, 0.6) is 5.75 Å². The minimum atomic E-state index is 0.601. The molecule has 0 spiro atoms. The van der Waals surface area contributed by atoms with E-state index in [1.807, 2.05) is 42.5 Å². The molecule has 0 radical (unpaired) electrons. The van der Waals surface area contributed by atoms with Gasteiger partial charge in [0.2, 0.25) is 0 Å².